The first-order chi connectivity index (χ1) is 7.74. The van der Waals surface area contributed by atoms with E-state index >= 15 is 0 Å². The minimum absolute atomic E-state index is 0.553. The number of hydrogen-bond donors (Lipinski definition) is 0. The Bertz CT molecular complexity index is 181. The Kier molecular flexibility index (Phi) is 7.05. The lowest BCUT2D eigenvalue weighted by molar-refractivity contribution is 0.273. The molecule has 0 N–H and O–H groups in total. The largest absolute Gasteiger partial charge is 0.303 e. The molecule has 1 aliphatic heterocycles. The molecule has 0 amide bonds. The number of rotatable bonds is 4. The molecule has 0 aromatic heterocycles. The number of hydrogen-bond acceptors (Lipinski definition) is 1. The third-order valence-electron chi connectivity index (χ3n) is 3.83. The maximum absolute atomic E-state index is 4.02. The molecule has 0 bridgehead atoms. The van der Waals surface area contributed by atoms with Crippen LogP contribution >= 0.6 is 0 Å². The molecule has 1 atom stereocenters. The zero-order valence-corrected chi connectivity index (χ0v) is 12.4. The van der Waals surface area contributed by atoms with Crippen molar-refractivity contribution in [1.29, 1.82) is 0 Å². The zero-order chi connectivity index (χ0) is 11.8. The van der Waals surface area contributed by atoms with Gasteiger partial charge < -0.3 is 4.90 Å². The Balaban J connectivity index is 2.38. The topological polar surface area (TPSA) is 3.24 Å². The van der Waals surface area contributed by atoms with Gasteiger partial charge in [-0.1, -0.05) is 44.9 Å². The minimum atomic E-state index is -0.553. The quantitative estimate of drug-likeness (QED) is 0.534. The van der Waals surface area contributed by atoms with Gasteiger partial charge in [0.2, 0.25) is 0 Å². The van der Waals surface area contributed by atoms with Crippen molar-refractivity contribution in [3.63, 3.8) is 0 Å². The highest BCUT2D eigenvalue weighted by molar-refractivity contribution is 6.58. The van der Waals surface area contributed by atoms with E-state index in [1.165, 1.54) is 58.2 Å². The summed E-state index contributed by atoms with van der Waals surface area (Å²) in [6.45, 7) is 12.8. The van der Waals surface area contributed by atoms with Gasteiger partial charge in [-0.05, 0) is 31.5 Å². The van der Waals surface area contributed by atoms with Gasteiger partial charge in [0, 0.05) is 15.3 Å². The molecule has 0 radical (unpaired) electrons. The molecule has 0 aromatic carbocycles. The highest BCUT2D eigenvalue weighted by Gasteiger charge is 2.15. The summed E-state index contributed by atoms with van der Waals surface area (Å²) in [6.07, 6.45) is 10.8. The average Bonchev–Trinajstić information content (AvgIpc) is 2.39. The summed E-state index contributed by atoms with van der Waals surface area (Å²) in [5.74, 6) is 0. The lowest BCUT2D eigenvalue weighted by Crippen LogP contribution is -2.32. The SMILES string of the molecule is C=CC(CN1CCCCCCCC1)[SiH](C)C. The van der Waals surface area contributed by atoms with Gasteiger partial charge in [0.15, 0.2) is 0 Å². The maximum Gasteiger partial charge on any atom is 0.0396 e. The molecule has 1 unspecified atom stereocenters. The molecule has 1 saturated heterocycles. The second-order valence-electron chi connectivity index (χ2n) is 5.57. The van der Waals surface area contributed by atoms with Crippen molar-refractivity contribution in [2.45, 2.75) is 57.2 Å². The molecule has 1 rings (SSSR count). The third-order valence-corrected chi connectivity index (χ3v) is 6.02. The molecule has 1 heterocycles. The van der Waals surface area contributed by atoms with Crippen molar-refractivity contribution in [2.75, 3.05) is 19.6 Å². The van der Waals surface area contributed by atoms with Crippen molar-refractivity contribution in [2.24, 2.45) is 0 Å². The molecule has 0 spiro atoms. The molecule has 0 aliphatic carbocycles. The molecular weight excluding hydrogens is 210 g/mol. The van der Waals surface area contributed by atoms with Crippen LogP contribution in [0.1, 0.15) is 38.5 Å². The lowest BCUT2D eigenvalue weighted by Gasteiger charge is -2.27. The first kappa shape index (κ1) is 14.0. The summed E-state index contributed by atoms with van der Waals surface area (Å²) >= 11 is 0. The fourth-order valence-electron chi connectivity index (χ4n) is 2.53. The van der Waals surface area contributed by atoms with Gasteiger partial charge in [0.05, 0.1) is 0 Å². The van der Waals surface area contributed by atoms with E-state index in [0.29, 0.717) is 0 Å². The van der Waals surface area contributed by atoms with Crippen molar-refractivity contribution < 1.29 is 0 Å². The summed E-state index contributed by atoms with van der Waals surface area (Å²) in [4.78, 5) is 2.70. The van der Waals surface area contributed by atoms with Crippen molar-refractivity contribution in [1.82, 2.24) is 4.90 Å². The van der Waals surface area contributed by atoms with E-state index < -0.39 is 8.80 Å². The summed E-state index contributed by atoms with van der Waals surface area (Å²) in [5.41, 5.74) is 0.806. The summed E-state index contributed by atoms with van der Waals surface area (Å²) in [5, 5.41) is 0. The molecule has 94 valence electrons. The van der Waals surface area contributed by atoms with Crippen LogP contribution in [0.2, 0.25) is 18.6 Å². The first-order valence-electron chi connectivity index (χ1n) is 7.09. The van der Waals surface area contributed by atoms with Gasteiger partial charge >= 0.3 is 0 Å². The van der Waals surface area contributed by atoms with Gasteiger partial charge in [-0.2, -0.15) is 0 Å². The van der Waals surface area contributed by atoms with Crippen LogP contribution in [0.5, 0.6) is 0 Å². The lowest BCUT2D eigenvalue weighted by atomic mass is 10.1. The molecule has 1 nitrogen and oxygen atoms in total. The molecule has 0 aromatic rings. The van der Waals surface area contributed by atoms with Crippen LogP contribution in [-0.4, -0.2) is 33.3 Å². The van der Waals surface area contributed by atoms with Gasteiger partial charge in [-0.25, -0.2) is 0 Å². The van der Waals surface area contributed by atoms with E-state index in [4.69, 9.17) is 0 Å². The highest BCUT2D eigenvalue weighted by atomic mass is 28.3. The van der Waals surface area contributed by atoms with Gasteiger partial charge in [0.1, 0.15) is 0 Å². The Morgan fingerprint density at radius 3 is 2.00 bits per heavy atom. The average molecular weight is 239 g/mol. The van der Waals surface area contributed by atoms with E-state index in [0.717, 1.165) is 5.54 Å². The fourth-order valence-corrected chi connectivity index (χ4v) is 3.79. The monoisotopic (exact) mass is 239 g/mol. The third kappa shape index (κ3) is 5.31. The van der Waals surface area contributed by atoms with Crippen LogP contribution < -0.4 is 0 Å². The normalized spacial score (nSPS) is 22.2. The Labute approximate surface area is 104 Å². The second kappa shape index (κ2) is 8.07. The number of nitrogens with zero attached hydrogens (tertiary/aromatic N) is 1. The van der Waals surface area contributed by atoms with Crippen molar-refractivity contribution in [3.05, 3.63) is 12.7 Å². The van der Waals surface area contributed by atoms with Crippen LogP contribution in [0, 0.1) is 0 Å². The van der Waals surface area contributed by atoms with E-state index in [1.807, 2.05) is 0 Å². The van der Waals surface area contributed by atoms with Gasteiger partial charge in [-0.3, -0.25) is 0 Å². The molecular formula is C14H29NSi. The van der Waals surface area contributed by atoms with Gasteiger partial charge in [0.25, 0.3) is 0 Å². The van der Waals surface area contributed by atoms with E-state index in [1.54, 1.807) is 0 Å². The first-order valence-corrected chi connectivity index (χ1v) is 10.1. The summed E-state index contributed by atoms with van der Waals surface area (Å²) < 4.78 is 0. The van der Waals surface area contributed by atoms with Crippen LogP contribution in [0.4, 0.5) is 0 Å². The Morgan fingerprint density at radius 1 is 1.06 bits per heavy atom. The Hall–Kier alpha value is -0.0831. The standard InChI is InChI=1S/C14H29NSi/c1-4-14(16(2)3)13-15-11-9-7-5-6-8-10-12-15/h4,14,16H,1,5-13H2,2-3H3. The van der Waals surface area contributed by atoms with Gasteiger partial charge in [-0.15, -0.1) is 6.58 Å². The molecule has 1 aliphatic rings. The second-order valence-corrected chi connectivity index (χ2v) is 8.91. The van der Waals surface area contributed by atoms with Crippen molar-refractivity contribution in [3.8, 4) is 0 Å². The minimum Gasteiger partial charge on any atom is -0.303 e. The Morgan fingerprint density at radius 2 is 1.56 bits per heavy atom. The predicted octanol–water partition coefficient (Wildman–Crippen LogP) is 3.69. The fraction of sp³-hybridized carbons (Fsp3) is 0.857. The van der Waals surface area contributed by atoms with Crippen LogP contribution in [0.25, 0.3) is 0 Å². The van der Waals surface area contributed by atoms with E-state index in [9.17, 15) is 0 Å². The predicted molar refractivity (Wildman–Crippen MR) is 77.0 cm³/mol. The van der Waals surface area contributed by atoms with E-state index in [2.05, 4.69) is 30.6 Å². The zero-order valence-electron chi connectivity index (χ0n) is 11.3. The smallest absolute Gasteiger partial charge is 0.0396 e. The summed E-state index contributed by atoms with van der Waals surface area (Å²) in [7, 11) is -0.553. The van der Waals surface area contributed by atoms with Crippen molar-refractivity contribution >= 4 is 8.80 Å². The molecule has 16 heavy (non-hydrogen) atoms. The van der Waals surface area contributed by atoms with E-state index in [-0.39, 0.29) is 0 Å². The van der Waals surface area contributed by atoms with Crippen LogP contribution in [-0.2, 0) is 0 Å². The maximum atomic E-state index is 4.02. The van der Waals surface area contributed by atoms with Crippen LogP contribution in [0.15, 0.2) is 12.7 Å². The molecule has 1 fully saturated rings. The molecule has 0 saturated carbocycles. The highest BCUT2D eigenvalue weighted by Crippen LogP contribution is 2.17. The van der Waals surface area contributed by atoms with Crippen LogP contribution in [0.3, 0.4) is 0 Å². The molecule has 2 heteroatoms. The summed E-state index contributed by atoms with van der Waals surface area (Å²) in [6, 6.07) is 0.